The van der Waals surface area contributed by atoms with Crippen molar-refractivity contribution in [2.24, 2.45) is 5.92 Å². The summed E-state index contributed by atoms with van der Waals surface area (Å²) in [7, 11) is -3.56. The second-order valence-electron chi connectivity index (χ2n) is 9.07. The number of rotatable bonds is 4. The molecule has 1 N–H and O–H groups in total. The highest BCUT2D eigenvalue weighted by atomic mass is 32.2. The highest BCUT2D eigenvalue weighted by Crippen LogP contribution is 2.25. The molecule has 3 heterocycles. The lowest BCUT2D eigenvalue weighted by Gasteiger charge is -2.34. The monoisotopic (exact) mass is 462 g/mol. The summed E-state index contributed by atoms with van der Waals surface area (Å²) in [5.74, 6) is -0.286. The largest absolute Gasteiger partial charge is 0.326 e. The summed E-state index contributed by atoms with van der Waals surface area (Å²) in [6.45, 7) is 3.92. The van der Waals surface area contributed by atoms with Gasteiger partial charge in [0.05, 0.1) is 4.90 Å². The second-order valence-corrected chi connectivity index (χ2v) is 11.0. The summed E-state index contributed by atoms with van der Waals surface area (Å²) in [6.07, 6.45) is 7.26. The summed E-state index contributed by atoms with van der Waals surface area (Å²) in [6, 6.07) is 6.65. The van der Waals surface area contributed by atoms with Gasteiger partial charge in [-0.15, -0.1) is 0 Å². The molecule has 4 rings (SSSR count). The van der Waals surface area contributed by atoms with Crippen LogP contribution in [0.2, 0.25) is 0 Å². The van der Waals surface area contributed by atoms with Crippen molar-refractivity contribution in [3.05, 3.63) is 24.3 Å². The van der Waals surface area contributed by atoms with Crippen LogP contribution < -0.4 is 5.32 Å². The van der Waals surface area contributed by atoms with E-state index in [1.165, 1.54) is 0 Å². The van der Waals surface area contributed by atoms with Gasteiger partial charge in [0.15, 0.2) is 0 Å². The number of carbonyl (C=O) groups excluding carboxylic acids is 2. The van der Waals surface area contributed by atoms with E-state index in [0.717, 1.165) is 51.6 Å². The zero-order valence-electron chi connectivity index (χ0n) is 18.7. The first-order chi connectivity index (χ1) is 15.4. The summed E-state index contributed by atoms with van der Waals surface area (Å²) in [5, 5.41) is 2.90. The first-order valence-electron chi connectivity index (χ1n) is 11.9. The minimum atomic E-state index is -3.56. The van der Waals surface area contributed by atoms with Crippen LogP contribution in [0.4, 0.5) is 10.5 Å². The predicted octanol–water partition coefficient (Wildman–Crippen LogP) is 3.12. The Morgan fingerprint density at radius 1 is 0.812 bits per heavy atom. The number of benzene rings is 1. The van der Waals surface area contributed by atoms with Gasteiger partial charge in [-0.1, -0.05) is 18.9 Å². The lowest BCUT2D eigenvalue weighted by atomic mass is 9.96. The number of likely N-dealkylation sites (tertiary alicyclic amines) is 2. The number of anilines is 1. The maximum Gasteiger partial charge on any atom is 0.319 e. The molecule has 0 radical (unpaired) electrons. The minimum Gasteiger partial charge on any atom is -0.326 e. The molecule has 0 aliphatic carbocycles. The Hall–Kier alpha value is -2.13. The Balaban J connectivity index is 1.34. The fraction of sp³-hybridized carbons (Fsp3) is 0.652. The molecule has 3 fully saturated rings. The molecule has 3 aliphatic heterocycles. The molecule has 9 heteroatoms. The van der Waals surface area contributed by atoms with E-state index in [9.17, 15) is 18.0 Å². The summed E-state index contributed by atoms with van der Waals surface area (Å²) in [4.78, 5) is 29.3. The smallest absolute Gasteiger partial charge is 0.319 e. The second kappa shape index (κ2) is 10.2. The van der Waals surface area contributed by atoms with Crippen molar-refractivity contribution < 1.29 is 18.0 Å². The number of hydrogen-bond donors (Lipinski definition) is 1. The molecule has 0 aromatic heterocycles. The van der Waals surface area contributed by atoms with Crippen LogP contribution >= 0.6 is 0 Å². The Kier molecular flexibility index (Phi) is 7.35. The number of piperidine rings is 1. The number of nitrogens with zero attached hydrogens (tertiary/aromatic N) is 3. The van der Waals surface area contributed by atoms with Crippen molar-refractivity contribution in [3.8, 4) is 0 Å². The molecule has 3 aliphatic rings. The number of sulfonamides is 1. The third-order valence-corrected chi connectivity index (χ3v) is 8.71. The zero-order chi connectivity index (χ0) is 22.6. The Labute approximate surface area is 191 Å². The Morgan fingerprint density at radius 3 is 2.06 bits per heavy atom. The van der Waals surface area contributed by atoms with Gasteiger partial charge < -0.3 is 15.1 Å². The van der Waals surface area contributed by atoms with Crippen molar-refractivity contribution in [2.45, 2.75) is 56.3 Å². The van der Waals surface area contributed by atoms with Gasteiger partial charge in [-0.2, -0.15) is 4.31 Å². The number of nitrogens with one attached hydrogen (secondary N) is 1. The van der Waals surface area contributed by atoms with Gasteiger partial charge in [-0.25, -0.2) is 13.2 Å². The third-order valence-electron chi connectivity index (χ3n) is 6.82. The lowest BCUT2D eigenvalue weighted by molar-refractivity contribution is -0.121. The molecule has 8 nitrogen and oxygen atoms in total. The fourth-order valence-electron chi connectivity index (χ4n) is 4.85. The number of urea groups is 1. The van der Waals surface area contributed by atoms with Crippen LogP contribution in [-0.4, -0.2) is 73.7 Å². The predicted molar refractivity (Wildman–Crippen MR) is 123 cm³/mol. The van der Waals surface area contributed by atoms with Gasteiger partial charge >= 0.3 is 6.03 Å². The summed E-state index contributed by atoms with van der Waals surface area (Å²) in [5.41, 5.74) is 0.501. The molecule has 32 heavy (non-hydrogen) atoms. The number of hydrogen-bond acceptors (Lipinski definition) is 4. The number of carbonyl (C=O) groups is 2. The average molecular weight is 463 g/mol. The van der Waals surface area contributed by atoms with E-state index in [4.69, 9.17) is 0 Å². The van der Waals surface area contributed by atoms with E-state index in [-0.39, 0.29) is 22.8 Å². The first kappa shape index (κ1) is 23.0. The van der Waals surface area contributed by atoms with Crippen LogP contribution in [-0.2, 0) is 14.8 Å². The van der Waals surface area contributed by atoms with Gasteiger partial charge in [-0.3, -0.25) is 4.79 Å². The van der Waals surface area contributed by atoms with E-state index < -0.39 is 10.0 Å². The minimum absolute atomic E-state index is 0.0905. The molecular formula is C23H34N4O4S. The van der Waals surface area contributed by atoms with Gasteiger partial charge in [0.25, 0.3) is 0 Å². The van der Waals surface area contributed by atoms with Gasteiger partial charge in [-0.05, 0) is 56.7 Å². The molecule has 3 saturated heterocycles. The standard InChI is InChI=1S/C23H34N4O4S/c28-22(19-10-16-26(17-11-19)23(29)25-12-5-6-13-25)24-20-8-7-9-21(18-20)32(30,31)27-14-3-1-2-4-15-27/h7-9,18-19H,1-6,10-17H2,(H,24,28). The SMILES string of the molecule is O=C(Nc1cccc(S(=O)(=O)N2CCCCCC2)c1)C1CCN(C(=O)N2CCCC2)CC1. The quantitative estimate of drug-likeness (QED) is 0.744. The van der Waals surface area contributed by atoms with Crippen LogP contribution in [0.3, 0.4) is 0 Å². The average Bonchev–Trinajstić information content (AvgIpc) is 3.20. The van der Waals surface area contributed by atoms with Gasteiger partial charge in [0, 0.05) is 50.9 Å². The van der Waals surface area contributed by atoms with E-state index in [0.29, 0.717) is 44.7 Å². The van der Waals surface area contributed by atoms with Crippen molar-refractivity contribution >= 4 is 27.6 Å². The van der Waals surface area contributed by atoms with E-state index in [1.54, 1.807) is 28.6 Å². The zero-order valence-corrected chi connectivity index (χ0v) is 19.5. The Morgan fingerprint density at radius 2 is 1.41 bits per heavy atom. The van der Waals surface area contributed by atoms with E-state index in [2.05, 4.69) is 5.32 Å². The van der Waals surface area contributed by atoms with Crippen molar-refractivity contribution in [2.75, 3.05) is 44.6 Å². The molecule has 3 amide bonds. The molecular weight excluding hydrogens is 428 g/mol. The highest BCUT2D eigenvalue weighted by Gasteiger charge is 2.31. The van der Waals surface area contributed by atoms with Crippen molar-refractivity contribution in [3.63, 3.8) is 0 Å². The normalized spacial score (nSPS) is 21.4. The maximum absolute atomic E-state index is 13.1. The van der Waals surface area contributed by atoms with Gasteiger partial charge in [0.1, 0.15) is 0 Å². The molecule has 0 saturated carbocycles. The lowest BCUT2D eigenvalue weighted by Crippen LogP contribution is -2.47. The molecule has 0 atom stereocenters. The van der Waals surface area contributed by atoms with Crippen LogP contribution in [0.5, 0.6) is 0 Å². The first-order valence-corrected chi connectivity index (χ1v) is 13.3. The van der Waals surface area contributed by atoms with Crippen LogP contribution in [0.1, 0.15) is 51.4 Å². The number of amides is 3. The molecule has 0 unspecified atom stereocenters. The van der Waals surface area contributed by atoms with E-state index >= 15 is 0 Å². The summed E-state index contributed by atoms with van der Waals surface area (Å²) >= 11 is 0. The molecule has 0 spiro atoms. The van der Waals surface area contributed by atoms with Crippen molar-refractivity contribution in [1.29, 1.82) is 0 Å². The molecule has 1 aromatic rings. The summed E-state index contributed by atoms with van der Waals surface area (Å²) < 4.78 is 27.7. The van der Waals surface area contributed by atoms with Crippen molar-refractivity contribution in [1.82, 2.24) is 14.1 Å². The van der Waals surface area contributed by atoms with E-state index in [1.807, 2.05) is 9.80 Å². The maximum atomic E-state index is 13.1. The van der Waals surface area contributed by atoms with Crippen LogP contribution in [0.15, 0.2) is 29.2 Å². The highest BCUT2D eigenvalue weighted by molar-refractivity contribution is 7.89. The van der Waals surface area contributed by atoms with Gasteiger partial charge in [0.2, 0.25) is 15.9 Å². The molecule has 176 valence electrons. The Bertz CT molecular complexity index is 914. The topological polar surface area (TPSA) is 90.0 Å². The molecule has 1 aromatic carbocycles. The molecule has 0 bridgehead atoms. The van der Waals surface area contributed by atoms with Crippen LogP contribution in [0, 0.1) is 5.92 Å². The third kappa shape index (κ3) is 5.26. The fourth-order valence-corrected chi connectivity index (χ4v) is 6.41. The van der Waals surface area contributed by atoms with Crippen LogP contribution in [0.25, 0.3) is 0 Å².